The lowest BCUT2D eigenvalue weighted by atomic mass is 10.3. The van der Waals surface area contributed by atoms with E-state index in [-0.39, 0.29) is 12.6 Å². The zero-order valence-corrected chi connectivity index (χ0v) is 10.7. The van der Waals surface area contributed by atoms with Gasteiger partial charge in [-0.3, -0.25) is 9.89 Å². The number of nitrogens with zero attached hydrogens (tertiary/aromatic N) is 2. The second-order valence-corrected chi connectivity index (χ2v) is 3.41. The lowest BCUT2D eigenvalue weighted by Crippen LogP contribution is -2.28. The zero-order valence-electron chi connectivity index (χ0n) is 10.7. The van der Waals surface area contributed by atoms with Crippen molar-refractivity contribution in [3.63, 3.8) is 0 Å². The van der Waals surface area contributed by atoms with Gasteiger partial charge >= 0.3 is 6.03 Å². The first-order chi connectivity index (χ1) is 9.21. The van der Waals surface area contributed by atoms with Crippen LogP contribution in [-0.2, 0) is 0 Å². The normalized spacial score (nSPS) is 9.68. The maximum absolute atomic E-state index is 11.8. The van der Waals surface area contributed by atoms with Gasteiger partial charge in [-0.05, 0) is 24.3 Å². The van der Waals surface area contributed by atoms with Gasteiger partial charge in [-0.1, -0.05) is 12.5 Å². The quantitative estimate of drug-likeness (QED) is 0.500. The van der Waals surface area contributed by atoms with E-state index in [1.807, 2.05) is 0 Å². The molecule has 0 aliphatic rings. The minimum Gasteiger partial charge on any atom is -0.481 e. The van der Waals surface area contributed by atoms with E-state index in [1.54, 1.807) is 31.3 Å². The Morgan fingerprint density at radius 1 is 1.58 bits per heavy atom. The predicted octanol–water partition coefficient (Wildman–Crippen LogP) is 2.33. The van der Waals surface area contributed by atoms with Gasteiger partial charge in [0.15, 0.2) is 0 Å². The van der Waals surface area contributed by atoms with Crippen LogP contribution >= 0.6 is 0 Å². The monoisotopic (exact) mass is 257 g/mol. The highest BCUT2D eigenvalue weighted by Gasteiger charge is 2.07. The number of terminal acetylenes is 1. The third-order valence-electron chi connectivity index (χ3n) is 2.10. The molecule has 0 unspecified atom stereocenters. The molecule has 0 aromatic heterocycles. The molecule has 0 aliphatic carbocycles. The van der Waals surface area contributed by atoms with E-state index in [4.69, 9.17) is 11.2 Å². The summed E-state index contributed by atoms with van der Waals surface area (Å²) in [6, 6.07) is 6.53. The van der Waals surface area contributed by atoms with Crippen molar-refractivity contribution in [2.75, 3.05) is 19.0 Å². The van der Waals surface area contributed by atoms with Gasteiger partial charge in [0.1, 0.15) is 12.4 Å². The molecule has 0 fully saturated rings. The summed E-state index contributed by atoms with van der Waals surface area (Å²) in [7, 11) is 1.57. The second-order valence-electron chi connectivity index (χ2n) is 3.41. The van der Waals surface area contributed by atoms with Gasteiger partial charge in [0.05, 0.1) is 6.34 Å². The third-order valence-corrected chi connectivity index (χ3v) is 2.10. The molecule has 1 N–H and O–H groups in total. The number of amides is 2. The minimum atomic E-state index is -0.349. The van der Waals surface area contributed by atoms with Crippen LogP contribution in [0, 0.1) is 12.3 Å². The molecule has 5 heteroatoms. The standard InChI is InChI=1S/C14H15N3O2/c1-4-10-19-13-8-6-12(7-9-13)16-14(18)17(5-2)11-15-3/h1,5-9,11H,2,10H2,3H3,(H,16,18). The molecule has 0 saturated carbocycles. The van der Waals surface area contributed by atoms with Gasteiger partial charge in [0.25, 0.3) is 0 Å². The van der Waals surface area contributed by atoms with E-state index in [2.05, 4.69) is 22.8 Å². The van der Waals surface area contributed by atoms with Crippen molar-refractivity contribution in [1.82, 2.24) is 4.90 Å². The molecule has 1 aromatic rings. The molecule has 0 atom stereocenters. The second kappa shape index (κ2) is 7.56. The maximum Gasteiger partial charge on any atom is 0.331 e. The highest BCUT2D eigenvalue weighted by molar-refractivity contribution is 5.97. The number of carbonyl (C=O) groups is 1. The molecule has 1 aromatic carbocycles. The number of hydrogen-bond acceptors (Lipinski definition) is 3. The van der Waals surface area contributed by atoms with Crippen LogP contribution in [-0.4, -0.2) is 30.9 Å². The molecule has 2 amide bonds. The largest absolute Gasteiger partial charge is 0.481 e. The third kappa shape index (κ3) is 4.56. The van der Waals surface area contributed by atoms with Crippen LogP contribution in [0.25, 0.3) is 0 Å². The van der Waals surface area contributed by atoms with E-state index in [1.165, 1.54) is 17.4 Å². The first kappa shape index (κ1) is 14.3. The fourth-order valence-electron chi connectivity index (χ4n) is 1.25. The molecule has 19 heavy (non-hydrogen) atoms. The van der Waals surface area contributed by atoms with Gasteiger partial charge in [-0.2, -0.15) is 0 Å². The summed E-state index contributed by atoms with van der Waals surface area (Å²) in [6.45, 7) is 3.74. The summed E-state index contributed by atoms with van der Waals surface area (Å²) >= 11 is 0. The number of nitrogens with one attached hydrogen (secondary N) is 1. The molecular weight excluding hydrogens is 242 g/mol. The Labute approximate surface area is 112 Å². The summed E-state index contributed by atoms with van der Waals surface area (Å²) in [5.41, 5.74) is 0.634. The smallest absolute Gasteiger partial charge is 0.331 e. The van der Waals surface area contributed by atoms with Crippen molar-refractivity contribution in [2.45, 2.75) is 0 Å². The Hall–Kier alpha value is -2.74. The summed E-state index contributed by atoms with van der Waals surface area (Å²) in [6.07, 6.45) is 7.83. The topological polar surface area (TPSA) is 53.9 Å². The van der Waals surface area contributed by atoms with Crippen molar-refractivity contribution in [2.24, 2.45) is 4.99 Å². The van der Waals surface area contributed by atoms with Crippen LogP contribution in [0.4, 0.5) is 10.5 Å². The van der Waals surface area contributed by atoms with Crippen molar-refractivity contribution in [3.05, 3.63) is 37.0 Å². The SMILES string of the molecule is C#CCOc1ccc(NC(=O)N(C=C)C=NC)cc1. The number of ether oxygens (including phenoxy) is 1. The van der Waals surface area contributed by atoms with Crippen LogP contribution in [0.1, 0.15) is 0 Å². The fraction of sp³-hybridized carbons (Fsp3) is 0.143. The maximum atomic E-state index is 11.8. The molecule has 0 saturated heterocycles. The Bertz CT molecular complexity index is 500. The Morgan fingerprint density at radius 3 is 2.79 bits per heavy atom. The van der Waals surface area contributed by atoms with E-state index in [0.29, 0.717) is 11.4 Å². The Kier molecular flexibility index (Phi) is 5.70. The van der Waals surface area contributed by atoms with Crippen LogP contribution < -0.4 is 10.1 Å². The minimum absolute atomic E-state index is 0.211. The first-order valence-corrected chi connectivity index (χ1v) is 5.51. The number of benzene rings is 1. The van der Waals surface area contributed by atoms with E-state index in [9.17, 15) is 4.79 Å². The lowest BCUT2D eigenvalue weighted by Gasteiger charge is -2.13. The van der Waals surface area contributed by atoms with Crippen molar-refractivity contribution in [1.29, 1.82) is 0 Å². The zero-order chi connectivity index (χ0) is 14.1. The average molecular weight is 257 g/mol. The van der Waals surface area contributed by atoms with Crippen molar-refractivity contribution < 1.29 is 9.53 Å². The molecule has 5 nitrogen and oxygen atoms in total. The molecule has 0 radical (unpaired) electrons. The average Bonchev–Trinajstić information content (AvgIpc) is 2.43. The van der Waals surface area contributed by atoms with Gasteiger partial charge in [-0.25, -0.2) is 4.79 Å². The number of aliphatic imine (C=N–C) groups is 1. The first-order valence-electron chi connectivity index (χ1n) is 5.51. The molecule has 98 valence electrons. The van der Waals surface area contributed by atoms with Gasteiger partial charge in [-0.15, -0.1) is 6.42 Å². The van der Waals surface area contributed by atoms with Crippen molar-refractivity contribution in [3.8, 4) is 18.1 Å². The Balaban J connectivity index is 2.64. The number of carbonyl (C=O) groups excluding carboxylic acids is 1. The van der Waals surface area contributed by atoms with Crippen LogP contribution in [0.5, 0.6) is 5.75 Å². The van der Waals surface area contributed by atoms with Crippen molar-refractivity contribution >= 4 is 18.1 Å². The molecular formula is C14H15N3O2. The van der Waals surface area contributed by atoms with Crippen LogP contribution in [0.2, 0.25) is 0 Å². The van der Waals surface area contributed by atoms with E-state index in [0.717, 1.165) is 0 Å². The number of hydrogen-bond donors (Lipinski definition) is 1. The molecule has 0 spiro atoms. The Morgan fingerprint density at radius 2 is 2.26 bits per heavy atom. The molecule has 0 aliphatic heterocycles. The van der Waals surface area contributed by atoms with Gasteiger partial charge in [0, 0.05) is 18.9 Å². The molecule has 1 rings (SSSR count). The summed E-state index contributed by atoms with van der Waals surface area (Å²) < 4.78 is 5.23. The van der Waals surface area contributed by atoms with Crippen LogP contribution in [0.3, 0.4) is 0 Å². The highest BCUT2D eigenvalue weighted by Crippen LogP contribution is 2.15. The number of anilines is 1. The summed E-state index contributed by atoms with van der Waals surface area (Å²) in [5.74, 6) is 3.02. The van der Waals surface area contributed by atoms with E-state index < -0.39 is 0 Å². The van der Waals surface area contributed by atoms with E-state index >= 15 is 0 Å². The summed E-state index contributed by atoms with van der Waals surface area (Å²) in [5, 5.41) is 2.69. The predicted molar refractivity (Wildman–Crippen MR) is 76.2 cm³/mol. The van der Waals surface area contributed by atoms with Gasteiger partial charge in [0.2, 0.25) is 0 Å². The number of urea groups is 1. The molecule has 0 bridgehead atoms. The molecule has 0 heterocycles. The lowest BCUT2D eigenvalue weighted by molar-refractivity contribution is 0.243. The van der Waals surface area contributed by atoms with Crippen LogP contribution in [0.15, 0.2) is 42.0 Å². The summed E-state index contributed by atoms with van der Waals surface area (Å²) in [4.78, 5) is 16.8. The fourth-order valence-corrected chi connectivity index (χ4v) is 1.25. The van der Waals surface area contributed by atoms with Gasteiger partial charge < -0.3 is 10.1 Å². The highest BCUT2D eigenvalue weighted by atomic mass is 16.5. The number of rotatable bonds is 5.